The fraction of sp³-hybridized carbons (Fsp3) is 0.259. The molecule has 1 aliphatic rings. The van der Waals surface area contributed by atoms with E-state index in [1.54, 1.807) is 0 Å². The summed E-state index contributed by atoms with van der Waals surface area (Å²) in [4.78, 5) is 4.01. The molecule has 1 unspecified atom stereocenters. The Bertz CT molecular complexity index is 1080. The summed E-state index contributed by atoms with van der Waals surface area (Å²) in [6.45, 7) is 4.81. The van der Waals surface area contributed by atoms with Crippen LogP contribution in [0.3, 0.4) is 0 Å². The van der Waals surface area contributed by atoms with E-state index in [-0.39, 0.29) is 6.04 Å². The van der Waals surface area contributed by atoms with Gasteiger partial charge in [-0.05, 0) is 42.1 Å². The smallest absolute Gasteiger partial charge is 0.124 e. The van der Waals surface area contributed by atoms with Crippen molar-refractivity contribution in [2.75, 3.05) is 26.2 Å². The van der Waals surface area contributed by atoms with Crippen molar-refractivity contribution < 1.29 is 4.74 Å². The maximum Gasteiger partial charge on any atom is 0.124 e. The molecule has 0 spiro atoms. The molecule has 0 saturated carbocycles. The van der Waals surface area contributed by atoms with Gasteiger partial charge in [0.25, 0.3) is 0 Å². The number of hydrogen-bond donors (Lipinski definition) is 1. The molecule has 4 heteroatoms. The van der Waals surface area contributed by atoms with Crippen LogP contribution in [0.2, 0.25) is 0 Å². The Morgan fingerprint density at radius 2 is 1.68 bits per heavy atom. The zero-order valence-corrected chi connectivity index (χ0v) is 18.5. The van der Waals surface area contributed by atoms with Crippen LogP contribution in [0, 0.1) is 0 Å². The number of nitrogens with zero attached hydrogens (tertiary/aromatic N) is 1. The summed E-state index contributed by atoms with van der Waals surface area (Å²) in [5.74, 6) is 0.978. The third kappa shape index (κ3) is 4.67. The van der Waals surface area contributed by atoms with Crippen LogP contribution in [-0.2, 0) is 6.61 Å². The Kier molecular flexibility index (Phi) is 6.30. The van der Waals surface area contributed by atoms with E-state index in [4.69, 9.17) is 4.74 Å². The Labute approximate surface area is 188 Å². The van der Waals surface area contributed by atoms with E-state index in [1.807, 2.05) is 17.4 Å². The zero-order chi connectivity index (χ0) is 20.9. The second kappa shape index (κ2) is 9.65. The molecule has 0 amide bonds. The number of hydrogen-bond acceptors (Lipinski definition) is 4. The first-order valence-electron chi connectivity index (χ1n) is 11.1. The second-order valence-corrected chi connectivity index (χ2v) is 9.16. The van der Waals surface area contributed by atoms with Crippen LogP contribution in [0.1, 0.15) is 28.5 Å². The Morgan fingerprint density at radius 1 is 0.871 bits per heavy atom. The minimum absolute atomic E-state index is 0.198. The minimum Gasteiger partial charge on any atom is -0.489 e. The topological polar surface area (TPSA) is 24.5 Å². The molecule has 2 heterocycles. The highest BCUT2D eigenvalue weighted by molar-refractivity contribution is 7.19. The molecule has 4 aromatic rings. The molecule has 1 N–H and O–H groups in total. The highest BCUT2D eigenvalue weighted by Crippen LogP contribution is 2.40. The van der Waals surface area contributed by atoms with Crippen LogP contribution in [0.25, 0.3) is 10.1 Å². The van der Waals surface area contributed by atoms with Crippen LogP contribution in [-0.4, -0.2) is 31.1 Å². The molecule has 3 nitrogen and oxygen atoms in total. The fourth-order valence-corrected chi connectivity index (χ4v) is 5.58. The largest absolute Gasteiger partial charge is 0.489 e. The Hall–Kier alpha value is -2.66. The number of para-hydroxylation sites is 1. The number of thiophene rings is 1. The van der Waals surface area contributed by atoms with Gasteiger partial charge in [-0.25, -0.2) is 0 Å². The quantitative estimate of drug-likeness (QED) is 0.416. The maximum atomic E-state index is 6.38. The first-order chi connectivity index (χ1) is 15.4. The van der Waals surface area contributed by atoms with Gasteiger partial charge in [0.1, 0.15) is 12.4 Å². The Balaban J connectivity index is 1.53. The summed E-state index contributed by atoms with van der Waals surface area (Å²) in [7, 11) is 0. The number of benzene rings is 3. The van der Waals surface area contributed by atoms with Crippen LogP contribution in [0.4, 0.5) is 0 Å². The van der Waals surface area contributed by atoms with Crippen molar-refractivity contribution in [2.24, 2.45) is 0 Å². The first kappa shape index (κ1) is 20.3. The lowest BCUT2D eigenvalue weighted by Gasteiger charge is -2.31. The highest BCUT2D eigenvalue weighted by Gasteiger charge is 2.27. The normalized spacial score (nSPS) is 16.1. The number of nitrogens with one attached hydrogen (secondary N) is 1. The molecule has 1 aliphatic heterocycles. The number of rotatable bonds is 6. The lowest BCUT2D eigenvalue weighted by molar-refractivity contribution is 0.232. The standard InChI is InChI=1S/C27H28N2OS/c1-2-9-21(10-3-1)20-30-24-13-6-5-12-23(24)27(29-17-8-15-28-16-18-29)26-19-22-11-4-7-14-25(22)31-26/h1-7,9-14,19,27-28H,8,15-18,20H2. The van der Waals surface area contributed by atoms with E-state index in [9.17, 15) is 0 Å². The molecule has 5 rings (SSSR count). The van der Waals surface area contributed by atoms with E-state index in [0.717, 1.165) is 38.3 Å². The van der Waals surface area contributed by atoms with Gasteiger partial charge in [0, 0.05) is 34.8 Å². The molecule has 1 fully saturated rings. The summed E-state index contributed by atoms with van der Waals surface area (Å²) < 4.78 is 7.73. The second-order valence-electron chi connectivity index (χ2n) is 8.04. The third-order valence-corrected chi connectivity index (χ3v) is 7.07. The van der Waals surface area contributed by atoms with E-state index in [2.05, 4.69) is 89.1 Å². The lowest BCUT2D eigenvalue weighted by Crippen LogP contribution is -2.32. The van der Waals surface area contributed by atoms with E-state index in [1.165, 1.54) is 26.1 Å². The summed E-state index contributed by atoms with van der Waals surface area (Å²) in [5.41, 5.74) is 2.45. The van der Waals surface area contributed by atoms with Crippen LogP contribution in [0.15, 0.2) is 84.9 Å². The highest BCUT2D eigenvalue weighted by atomic mass is 32.1. The number of fused-ring (bicyclic) bond motifs is 1. The van der Waals surface area contributed by atoms with Crippen molar-refractivity contribution >= 4 is 21.4 Å². The summed E-state index contributed by atoms with van der Waals surface area (Å²) >= 11 is 1.91. The first-order valence-corrected chi connectivity index (χ1v) is 11.9. The molecule has 3 aromatic carbocycles. The third-order valence-electron chi connectivity index (χ3n) is 5.90. The summed E-state index contributed by atoms with van der Waals surface area (Å²) in [6.07, 6.45) is 1.16. The number of ether oxygens (including phenoxy) is 1. The molecule has 0 radical (unpaired) electrons. The van der Waals surface area contributed by atoms with Crippen LogP contribution in [0.5, 0.6) is 5.75 Å². The van der Waals surface area contributed by atoms with Gasteiger partial charge in [-0.1, -0.05) is 66.7 Å². The van der Waals surface area contributed by atoms with Gasteiger partial charge < -0.3 is 10.1 Å². The van der Waals surface area contributed by atoms with Crippen LogP contribution >= 0.6 is 11.3 Å². The van der Waals surface area contributed by atoms with Crippen molar-refractivity contribution in [2.45, 2.75) is 19.1 Å². The summed E-state index contributed by atoms with van der Waals surface area (Å²) in [6, 6.07) is 30.3. The zero-order valence-electron chi connectivity index (χ0n) is 17.7. The average molecular weight is 429 g/mol. The van der Waals surface area contributed by atoms with Gasteiger partial charge >= 0.3 is 0 Å². The Morgan fingerprint density at radius 3 is 2.58 bits per heavy atom. The van der Waals surface area contributed by atoms with Crippen molar-refractivity contribution in [3.8, 4) is 5.75 Å². The molecule has 0 bridgehead atoms. The minimum atomic E-state index is 0.198. The molecular weight excluding hydrogens is 400 g/mol. The van der Waals surface area contributed by atoms with Crippen molar-refractivity contribution in [3.05, 3.63) is 101 Å². The van der Waals surface area contributed by atoms with E-state index < -0.39 is 0 Å². The van der Waals surface area contributed by atoms with Gasteiger partial charge in [-0.3, -0.25) is 4.90 Å². The van der Waals surface area contributed by atoms with E-state index >= 15 is 0 Å². The van der Waals surface area contributed by atoms with Crippen molar-refractivity contribution in [3.63, 3.8) is 0 Å². The van der Waals surface area contributed by atoms with Crippen molar-refractivity contribution in [1.29, 1.82) is 0 Å². The predicted octanol–water partition coefficient (Wildman–Crippen LogP) is 5.87. The molecule has 158 valence electrons. The van der Waals surface area contributed by atoms with Gasteiger partial charge in [0.15, 0.2) is 0 Å². The predicted molar refractivity (Wildman–Crippen MR) is 130 cm³/mol. The molecule has 1 saturated heterocycles. The van der Waals surface area contributed by atoms with Gasteiger partial charge in [0.2, 0.25) is 0 Å². The SMILES string of the molecule is c1ccc(COc2ccccc2C(c2cc3ccccc3s2)N2CCCNCC2)cc1. The summed E-state index contributed by atoms with van der Waals surface area (Å²) in [5, 5.41) is 4.88. The molecular formula is C27H28N2OS. The molecule has 1 atom stereocenters. The van der Waals surface area contributed by atoms with E-state index in [0.29, 0.717) is 6.61 Å². The maximum absolute atomic E-state index is 6.38. The van der Waals surface area contributed by atoms with Gasteiger partial charge in [0.05, 0.1) is 6.04 Å². The van der Waals surface area contributed by atoms with Gasteiger partial charge in [-0.15, -0.1) is 11.3 Å². The molecule has 31 heavy (non-hydrogen) atoms. The van der Waals surface area contributed by atoms with Crippen molar-refractivity contribution in [1.82, 2.24) is 10.2 Å². The van der Waals surface area contributed by atoms with Crippen LogP contribution < -0.4 is 10.1 Å². The monoisotopic (exact) mass is 428 g/mol. The van der Waals surface area contributed by atoms with Gasteiger partial charge in [-0.2, -0.15) is 0 Å². The average Bonchev–Trinajstić information content (AvgIpc) is 3.06. The fourth-order valence-electron chi connectivity index (χ4n) is 4.37. The molecule has 1 aromatic heterocycles. The lowest BCUT2D eigenvalue weighted by atomic mass is 10.0. The molecule has 0 aliphatic carbocycles.